The fraction of sp³-hybridized carbons (Fsp3) is 0.562. The molecule has 0 aromatic heterocycles. The van der Waals surface area contributed by atoms with E-state index in [-0.39, 0.29) is 12.5 Å². The fourth-order valence-electron chi connectivity index (χ4n) is 2.76. The molecule has 1 heterocycles. The van der Waals surface area contributed by atoms with Crippen LogP contribution in [0.4, 0.5) is 5.69 Å². The Morgan fingerprint density at radius 3 is 2.25 bits per heavy atom. The number of nitrogen functional groups attached to an aromatic ring is 1. The summed E-state index contributed by atoms with van der Waals surface area (Å²) in [6.07, 6.45) is 4.65. The maximum atomic E-state index is 12.2. The number of nitrogens with zero attached hydrogens (tertiary/aromatic N) is 1. The molecule has 2 N–H and O–H groups in total. The molecule has 110 valence electrons. The van der Waals surface area contributed by atoms with Crippen LogP contribution in [0.1, 0.15) is 36.8 Å². The third-order valence-electron chi connectivity index (χ3n) is 3.78. The molecule has 0 radical (unpaired) electrons. The minimum Gasteiger partial charge on any atom is -0.483 e. The normalized spacial score (nSPS) is 15.8. The first-order valence-electron chi connectivity index (χ1n) is 7.35. The number of amides is 1. The highest BCUT2D eigenvalue weighted by atomic mass is 16.5. The molecular formula is C16H24N2O2. The Morgan fingerprint density at radius 2 is 1.70 bits per heavy atom. The van der Waals surface area contributed by atoms with Gasteiger partial charge in [-0.05, 0) is 49.9 Å². The lowest BCUT2D eigenvalue weighted by molar-refractivity contribution is -0.133. The van der Waals surface area contributed by atoms with Gasteiger partial charge in [-0.2, -0.15) is 0 Å². The highest BCUT2D eigenvalue weighted by molar-refractivity contribution is 5.78. The van der Waals surface area contributed by atoms with Crippen molar-refractivity contribution in [1.82, 2.24) is 4.90 Å². The Labute approximate surface area is 120 Å². The number of hydrogen-bond donors (Lipinski definition) is 1. The van der Waals surface area contributed by atoms with Crippen LogP contribution in [0.5, 0.6) is 5.75 Å². The molecule has 1 aliphatic rings. The van der Waals surface area contributed by atoms with Crippen molar-refractivity contribution in [3.05, 3.63) is 23.3 Å². The number of likely N-dealkylation sites (tertiary alicyclic amines) is 1. The van der Waals surface area contributed by atoms with Gasteiger partial charge in [0.15, 0.2) is 6.61 Å². The first-order chi connectivity index (χ1) is 9.58. The van der Waals surface area contributed by atoms with E-state index < -0.39 is 0 Å². The zero-order valence-electron chi connectivity index (χ0n) is 12.4. The monoisotopic (exact) mass is 276 g/mol. The van der Waals surface area contributed by atoms with Crippen LogP contribution in [0.15, 0.2) is 12.1 Å². The van der Waals surface area contributed by atoms with Gasteiger partial charge in [0, 0.05) is 18.8 Å². The lowest BCUT2D eigenvalue weighted by Gasteiger charge is -2.21. The molecule has 0 unspecified atom stereocenters. The van der Waals surface area contributed by atoms with Crippen LogP contribution in [0.2, 0.25) is 0 Å². The predicted molar refractivity (Wildman–Crippen MR) is 80.9 cm³/mol. The molecule has 1 saturated heterocycles. The second-order valence-corrected chi connectivity index (χ2v) is 5.57. The number of ether oxygens (including phenoxy) is 1. The molecule has 0 saturated carbocycles. The first kappa shape index (κ1) is 14.7. The van der Waals surface area contributed by atoms with E-state index in [2.05, 4.69) is 0 Å². The van der Waals surface area contributed by atoms with Crippen LogP contribution in [-0.2, 0) is 4.79 Å². The molecule has 0 atom stereocenters. The van der Waals surface area contributed by atoms with Crippen molar-refractivity contribution >= 4 is 11.6 Å². The molecule has 1 aromatic carbocycles. The van der Waals surface area contributed by atoms with E-state index in [0.717, 1.165) is 48.5 Å². The predicted octanol–water partition coefficient (Wildman–Crippen LogP) is 2.67. The highest BCUT2D eigenvalue weighted by Gasteiger charge is 2.16. The summed E-state index contributed by atoms with van der Waals surface area (Å²) in [4.78, 5) is 14.1. The molecule has 2 rings (SSSR count). The van der Waals surface area contributed by atoms with Gasteiger partial charge in [-0.25, -0.2) is 0 Å². The number of benzene rings is 1. The van der Waals surface area contributed by atoms with E-state index >= 15 is 0 Å². The van der Waals surface area contributed by atoms with E-state index in [9.17, 15) is 4.79 Å². The number of carbonyl (C=O) groups excluding carboxylic acids is 1. The van der Waals surface area contributed by atoms with Crippen LogP contribution in [-0.4, -0.2) is 30.5 Å². The van der Waals surface area contributed by atoms with Crippen molar-refractivity contribution in [3.63, 3.8) is 0 Å². The van der Waals surface area contributed by atoms with Crippen LogP contribution >= 0.6 is 0 Å². The molecule has 0 aliphatic carbocycles. The van der Waals surface area contributed by atoms with E-state index in [1.165, 1.54) is 12.8 Å². The molecule has 0 spiro atoms. The highest BCUT2D eigenvalue weighted by Crippen LogP contribution is 2.25. The summed E-state index contributed by atoms with van der Waals surface area (Å²) >= 11 is 0. The topological polar surface area (TPSA) is 55.6 Å². The van der Waals surface area contributed by atoms with E-state index in [1.807, 2.05) is 30.9 Å². The van der Waals surface area contributed by atoms with Gasteiger partial charge in [0.05, 0.1) is 0 Å². The Balaban J connectivity index is 1.96. The summed E-state index contributed by atoms with van der Waals surface area (Å²) in [5.74, 6) is 0.866. The first-order valence-corrected chi connectivity index (χ1v) is 7.35. The maximum Gasteiger partial charge on any atom is 0.260 e. The van der Waals surface area contributed by atoms with Crippen LogP contribution in [0.25, 0.3) is 0 Å². The largest absolute Gasteiger partial charge is 0.483 e. The van der Waals surface area contributed by atoms with Crippen molar-refractivity contribution in [2.75, 3.05) is 25.4 Å². The van der Waals surface area contributed by atoms with Gasteiger partial charge in [-0.15, -0.1) is 0 Å². The van der Waals surface area contributed by atoms with Gasteiger partial charge < -0.3 is 15.4 Å². The summed E-state index contributed by atoms with van der Waals surface area (Å²) < 4.78 is 5.73. The molecule has 1 aromatic rings. The van der Waals surface area contributed by atoms with Crippen molar-refractivity contribution < 1.29 is 9.53 Å². The molecule has 1 fully saturated rings. The Kier molecular flexibility index (Phi) is 4.88. The SMILES string of the molecule is Cc1cc(N)cc(C)c1OCC(=O)N1CCCCCC1. The average molecular weight is 276 g/mol. The van der Waals surface area contributed by atoms with Gasteiger partial charge in [0.1, 0.15) is 5.75 Å². The minimum atomic E-state index is 0.0857. The van der Waals surface area contributed by atoms with E-state index in [4.69, 9.17) is 10.5 Å². The summed E-state index contributed by atoms with van der Waals surface area (Å²) in [6.45, 7) is 5.75. The van der Waals surface area contributed by atoms with Gasteiger partial charge >= 0.3 is 0 Å². The number of anilines is 1. The molecule has 4 nitrogen and oxygen atoms in total. The Hall–Kier alpha value is -1.71. The summed E-state index contributed by atoms with van der Waals surface area (Å²) in [6, 6.07) is 3.75. The second-order valence-electron chi connectivity index (χ2n) is 5.57. The number of nitrogens with two attached hydrogens (primary N) is 1. The minimum absolute atomic E-state index is 0.0857. The van der Waals surface area contributed by atoms with Crippen molar-refractivity contribution in [2.24, 2.45) is 0 Å². The van der Waals surface area contributed by atoms with Crippen LogP contribution in [0, 0.1) is 13.8 Å². The van der Waals surface area contributed by atoms with Crippen molar-refractivity contribution in [1.29, 1.82) is 0 Å². The second kappa shape index (κ2) is 6.64. The quantitative estimate of drug-likeness (QED) is 0.864. The van der Waals surface area contributed by atoms with E-state index in [1.54, 1.807) is 0 Å². The third kappa shape index (κ3) is 3.65. The van der Waals surface area contributed by atoms with Gasteiger partial charge in [0.25, 0.3) is 5.91 Å². The number of carbonyl (C=O) groups is 1. The zero-order valence-corrected chi connectivity index (χ0v) is 12.4. The molecule has 0 bridgehead atoms. The molecule has 20 heavy (non-hydrogen) atoms. The van der Waals surface area contributed by atoms with E-state index in [0.29, 0.717) is 0 Å². The standard InChI is InChI=1S/C16H24N2O2/c1-12-9-14(17)10-13(2)16(12)20-11-15(19)18-7-5-3-4-6-8-18/h9-10H,3-8,11,17H2,1-2H3. The van der Waals surface area contributed by atoms with Crippen molar-refractivity contribution in [3.8, 4) is 5.75 Å². The average Bonchev–Trinajstić information content (AvgIpc) is 2.66. The lowest BCUT2D eigenvalue weighted by Crippen LogP contribution is -2.35. The number of rotatable bonds is 3. The third-order valence-corrected chi connectivity index (χ3v) is 3.78. The summed E-state index contributed by atoms with van der Waals surface area (Å²) in [5, 5.41) is 0. The molecule has 1 amide bonds. The van der Waals surface area contributed by atoms with Gasteiger partial charge in [0.2, 0.25) is 0 Å². The summed E-state index contributed by atoms with van der Waals surface area (Å²) in [7, 11) is 0. The Bertz CT molecular complexity index is 454. The lowest BCUT2D eigenvalue weighted by atomic mass is 10.1. The summed E-state index contributed by atoms with van der Waals surface area (Å²) in [5.41, 5.74) is 8.47. The number of aryl methyl sites for hydroxylation is 2. The van der Waals surface area contributed by atoms with Gasteiger partial charge in [-0.1, -0.05) is 12.8 Å². The molecular weight excluding hydrogens is 252 g/mol. The maximum absolute atomic E-state index is 12.2. The Morgan fingerprint density at radius 1 is 1.15 bits per heavy atom. The van der Waals surface area contributed by atoms with Crippen LogP contribution < -0.4 is 10.5 Å². The number of hydrogen-bond acceptors (Lipinski definition) is 3. The zero-order chi connectivity index (χ0) is 14.5. The van der Waals surface area contributed by atoms with Crippen LogP contribution in [0.3, 0.4) is 0 Å². The fourth-order valence-corrected chi connectivity index (χ4v) is 2.76. The molecule has 1 aliphatic heterocycles. The van der Waals surface area contributed by atoms with Gasteiger partial charge in [-0.3, -0.25) is 4.79 Å². The smallest absolute Gasteiger partial charge is 0.260 e. The molecule has 4 heteroatoms. The van der Waals surface area contributed by atoms with Crippen molar-refractivity contribution in [2.45, 2.75) is 39.5 Å².